The van der Waals surface area contributed by atoms with Crippen LogP contribution in [0, 0.1) is 11.3 Å². The maximum absolute atomic E-state index is 12.0. The summed E-state index contributed by atoms with van der Waals surface area (Å²) in [5.41, 5.74) is -0.0582. The number of aliphatic carboxylic acids is 1. The van der Waals surface area contributed by atoms with E-state index in [4.69, 9.17) is 9.84 Å². The highest BCUT2D eigenvalue weighted by Gasteiger charge is 2.24. The molecule has 2 amide bonds. The second kappa shape index (κ2) is 8.87. The Balaban J connectivity index is 4.60. The number of carboxylic acids is 1. The molecule has 0 aliphatic heterocycles. The van der Waals surface area contributed by atoms with E-state index in [-0.39, 0.29) is 29.8 Å². The van der Waals surface area contributed by atoms with E-state index < -0.39 is 12.0 Å². The van der Waals surface area contributed by atoms with Crippen LogP contribution >= 0.6 is 0 Å². The molecule has 0 aliphatic carbocycles. The fourth-order valence-corrected chi connectivity index (χ4v) is 2.10. The van der Waals surface area contributed by atoms with Crippen LogP contribution < -0.4 is 10.6 Å². The molecule has 0 rings (SSSR count). The summed E-state index contributed by atoms with van der Waals surface area (Å²) < 4.78 is 5.08. The molecule has 2 unspecified atom stereocenters. The van der Waals surface area contributed by atoms with Crippen LogP contribution in [0.4, 0.5) is 4.79 Å². The summed E-state index contributed by atoms with van der Waals surface area (Å²) in [6.45, 7) is 10.5. The van der Waals surface area contributed by atoms with Crippen molar-refractivity contribution in [3.8, 4) is 0 Å². The van der Waals surface area contributed by atoms with E-state index in [0.29, 0.717) is 13.0 Å². The van der Waals surface area contributed by atoms with Gasteiger partial charge in [-0.25, -0.2) is 4.79 Å². The average Bonchev–Trinajstić information content (AvgIpc) is 2.24. The monoisotopic (exact) mass is 302 g/mol. The zero-order valence-electron chi connectivity index (χ0n) is 14.0. The zero-order chi connectivity index (χ0) is 16.6. The van der Waals surface area contributed by atoms with Crippen LogP contribution in [-0.2, 0) is 9.53 Å². The third-order valence-corrected chi connectivity index (χ3v) is 3.08. The molecule has 0 bridgehead atoms. The van der Waals surface area contributed by atoms with Gasteiger partial charge in [-0.3, -0.25) is 4.79 Å². The van der Waals surface area contributed by atoms with Crippen LogP contribution in [0.3, 0.4) is 0 Å². The number of nitrogens with one attached hydrogen (secondary N) is 2. The molecule has 21 heavy (non-hydrogen) atoms. The van der Waals surface area contributed by atoms with E-state index in [2.05, 4.69) is 10.6 Å². The lowest BCUT2D eigenvalue weighted by atomic mass is 9.87. The van der Waals surface area contributed by atoms with Gasteiger partial charge in [-0.05, 0) is 17.8 Å². The predicted molar refractivity (Wildman–Crippen MR) is 82.3 cm³/mol. The van der Waals surface area contributed by atoms with Gasteiger partial charge < -0.3 is 20.5 Å². The standard InChI is InChI=1S/C15H30N2O4/c1-10(2)12(9-21-6)17-14(20)16-11(7-13(18)19)8-15(3,4)5/h10-12H,7-9H2,1-6H3,(H,18,19)(H2,16,17,20). The molecule has 0 aromatic carbocycles. The molecule has 124 valence electrons. The van der Waals surface area contributed by atoms with E-state index >= 15 is 0 Å². The minimum Gasteiger partial charge on any atom is -0.481 e. The van der Waals surface area contributed by atoms with Gasteiger partial charge in [0, 0.05) is 13.2 Å². The second-order valence-corrected chi connectivity index (χ2v) is 6.98. The summed E-state index contributed by atoms with van der Waals surface area (Å²) in [5, 5.41) is 14.6. The largest absolute Gasteiger partial charge is 0.481 e. The molecule has 0 radical (unpaired) electrons. The third-order valence-electron chi connectivity index (χ3n) is 3.08. The van der Waals surface area contributed by atoms with Crippen molar-refractivity contribution in [2.45, 2.75) is 59.5 Å². The van der Waals surface area contributed by atoms with Crippen molar-refractivity contribution in [1.82, 2.24) is 10.6 Å². The van der Waals surface area contributed by atoms with E-state index in [1.54, 1.807) is 7.11 Å². The van der Waals surface area contributed by atoms with Gasteiger partial charge in [0.2, 0.25) is 0 Å². The summed E-state index contributed by atoms with van der Waals surface area (Å²) in [6.07, 6.45) is 0.519. The predicted octanol–water partition coefficient (Wildman–Crippen LogP) is 2.24. The SMILES string of the molecule is COCC(NC(=O)NC(CC(=O)O)CC(C)(C)C)C(C)C. The Labute approximate surface area is 127 Å². The lowest BCUT2D eigenvalue weighted by molar-refractivity contribution is -0.137. The number of amides is 2. The van der Waals surface area contributed by atoms with Crippen molar-refractivity contribution in [3.05, 3.63) is 0 Å². The summed E-state index contributed by atoms with van der Waals surface area (Å²) in [4.78, 5) is 23.0. The number of carbonyl (C=O) groups is 2. The third kappa shape index (κ3) is 10.1. The number of hydrogen-bond acceptors (Lipinski definition) is 3. The summed E-state index contributed by atoms with van der Waals surface area (Å²) >= 11 is 0. The van der Waals surface area contributed by atoms with Crippen LogP contribution in [0.25, 0.3) is 0 Å². The molecule has 0 aromatic heterocycles. The molecule has 3 N–H and O–H groups in total. The maximum atomic E-state index is 12.0. The Hall–Kier alpha value is -1.30. The maximum Gasteiger partial charge on any atom is 0.315 e. The van der Waals surface area contributed by atoms with Gasteiger partial charge in [-0.2, -0.15) is 0 Å². The number of urea groups is 1. The average molecular weight is 302 g/mol. The van der Waals surface area contributed by atoms with Crippen LogP contribution in [0.1, 0.15) is 47.5 Å². The number of ether oxygens (including phenoxy) is 1. The Kier molecular flexibility index (Phi) is 8.32. The first-order chi connectivity index (χ1) is 9.55. The zero-order valence-corrected chi connectivity index (χ0v) is 14.0. The van der Waals surface area contributed by atoms with Crippen LogP contribution in [0.5, 0.6) is 0 Å². The molecule has 0 saturated carbocycles. The van der Waals surface area contributed by atoms with Gasteiger partial charge in [-0.1, -0.05) is 34.6 Å². The fraction of sp³-hybridized carbons (Fsp3) is 0.867. The Morgan fingerprint density at radius 2 is 1.76 bits per heavy atom. The summed E-state index contributed by atoms with van der Waals surface area (Å²) in [6, 6.07) is -0.839. The van der Waals surface area contributed by atoms with Gasteiger partial charge in [0.05, 0.1) is 19.1 Å². The van der Waals surface area contributed by atoms with Gasteiger partial charge in [-0.15, -0.1) is 0 Å². The Morgan fingerprint density at radius 1 is 1.19 bits per heavy atom. The molecule has 2 atom stereocenters. The number of methoxy groups -OCH3 is 1. The van der Waals surface area contributed by atoms with Crippen molar-refractivity contribution in [1.29, 1.82) is 0 Å². The molecule has 0 fully saturated rings. The van der Waals surface area contributed by atoms with E-state index in [1.807, 2.05) is 34.6 Å². The molecular weight excluding hydrogens is 272 g/mol. The molecule has 0 aromatic rings. The van der Waals surface area contributed by atoms with Crippen molar-refractivity contribution >= 4 is 12.0 Å². The Bertz CT molecular complexity index is 337. The highest BCUT2D eigenvalue weighted by Crippen LogP contribution is 2.22. The molecule has 0 spiro atoms. The molecule has 0 aliphatic rings. The normalized spacial score (nSPS) is 14.6. The Morgan fingerprint density at radius 3 is 2.14 bits per heavy atom. The molecule has 0 heterocycles. The number of rotatable bonds is 8. The minimum atomic E-state index is -0.915. The van der Waals surface area contributed by atoms with Gasteiger partial charge in [0.15, 0.2) is 0 Å². The van der Waals surface area contributed by atoms with Crippen molar-refractivity contribution in [2.75, 3.05) is 13.7 Å². The molecule has 6 nitrogen and oxygen atoms in total. The highest BCUT2D eigenvalue weighted by molar-refractivity contribution is 5.76. The second-order valence-electron chi connectivity index (χ2n) is 6.98. The van der Waals surface area contributed by atoms with E-state index in [9.17, 15) is 9.59 Å². The van der Waals surface area contributed by atoms with Crippen molar-refractivity contribution < 1.29 is 19.4 Å². The smallest absolute Gasteiger partial charge is 0.315 e. The molecule has 6 heteroatoms. The minimum absolute atomic E-state index is 0.0582. The van der Waals surface area contributed by atoms with Gasteiger partial charge >= 0.3 is 12.0 Å². The fourth-order valence-electron chi connectivity index (χ4n) is 2.10. The topological polar surface area (TPSA) is 87.7 Å². The van der Waals surface area contributed by atoms with Gasteiger partial charge in [0.25, 0.3) is 0 Å². The number of hydrogen-bond donors (Lipinski definition) is 3. The van der Waals surface area contributed by atoms with Crippen LogP contribution in [0.15, 0.2) is 0 Å². The highest BCUT2D eigenvalue weighted by atomic mass is 16.5. The summed E-state index contributed by atoms with van der Waals surface area (Å²) in [7, 11) is 1.59. The van der Waals surface area contributed by atoms with Gasteiger partial charge in [0.1, 0.15) is 0 Å². The van der Waals surface area contributed by atoms with E-state index in [1.165, 1.54) is 0 Å². The first kappa shape index (κ1) is 19.7. The van der Waals surface area contributed by atoms with Crippen LogP contribution in [-0.4, -0.2) is 42.9 Å². The number of carbonyl (C=O) groups excluding carboxylic acids is 1. The molecule has 0 saturated heterocycles. The first-order valence-corrected chi connectivity index (χ1v) is 7.33. The molecular formula is C15H30N2O4. The lowest BCUT2D eigenvalue weighted by Crippen LogP contribution is -2.50. The van der Waals surface area contributed by atoms with Crippen molar-refractivity contribution in [3.63, 3.8) is 0 Å². The summed E-state index contributed by atoms with van der Waals surface area (Å²) in [5.74, 6) is -0.682. The lowest BCUT2D eigenvalue weighted by Gasteiger charge is -2.28. The number of carboxylic acid groups (broad SMARTS) is 1. The van der Waals surface area contributed by atoms with Crippen molar-refractivity contribution in [2.24, 2.45) is 11.3 Å². The van der Waals surface area contributed by atoms with E-state index in [0.717, 1.165) is 0 Å². The quantitative estimate of drug-likeness (QED) is 0.641. The van der Waals surface area contributed by atoms with Crippen LogP contribution in [0.2, 0.25) is 0 Å². The first-order valence-electron chi connectivity index (χ1n) is 7.33.